The molecule has 7 heteroatoms. The second kappa shape index (κ2) is 5.90. The maximum atomic E-state index is 4.50. The van der Waals surface area contributed by atoms with E-state index in [4.69, 9.17) is 0 Å². The lowest BCUT2D eigenvalue weighted by Crippen LogP contribution is -2.32. The van der Waals surface area contributed by atoms with Crippen molar-refractivity contribution >= 4 is 17.3 Å². The molecular weight excluding hydrogens is 320 g/mol. The minimum absolute atomic E-state index is 0.692. The van der Waals surface area contributed by atoms with Crippen LogP contribution in [0.5, 0.6) is 0 Å². The highest BCUT2D eigenvalue weighted by atomic mass is 32.1. The van der Waals surface area contributed by atoms with Gasteiger partial charge in [-0.25, -0.2) is 4.98 Å². The standard InChI is InChI=1S/C17H20N6S/c1-12(2)10-23-16(15-18-6-8-21(15)3)19-20-17(23)22-7-4-14-13(11-22)5-9-24-14/h5-6,8-9H,1,4,7,10-11H2,2-3H3. The van der Waals surface area contributed by atoms with E-state index in [0.29, 0.717) is 6.54 Å². The second-order valence-corrected chi connectivity index (χ2v) is 7.27. The van der Waals surface area contributed by atoms with Crippen molar-refractivity contribution in [3.63, 3.8) is 0 Å². The zero-order chi connectivity index (χ0) is 16.7. The molecule has 4 rings (SSSR count). The maximum absolute atomic E-state index is 4.50. The molecule has 3 aromatic heterocycles. The first-order valence-electron chi connectivity index (χ1n) is 7.99. The maximum Gasteiger partial charge on any atom is 0.228 e. The Hall–Kier alpha value is -2.41. The van der Waals surface area contributed by atoms with Crippen LogP contribution in [0.2, 0.25) is 0 Å². The summed E-state index contributed by atoms with van der Waals surface area (Å²) in [5.41, 5.74) is 2.47. The number of hydrogen-bond donors (Lipinski definition) is 0. The van der Waals surface area contributed by atoms with E-state index in [1.54, 1.807) is 6.20 Å². The molecule has 0 aromatic carbocycles. The summed E-state index contributed by atoms with van der Waals surface area (Å²) in [6.45, 7) is 8.63. The first-order chi connectivity index (χ1) is 11.6. The Balaban J connectivity index is 1.75. The van der Waals surface area contributed by atoms with E-state index in [-0.39, 0.29) is 0 Å². The zero-order valence-corrected chi connectivity index (χ0v) is 14.8. The molecule has 0 N–H and O–H groups in total. The van der Waals surface area contributed by atoms with Gasteiger partial charge in [0.25, 0.3) is 0 Å². The van der Waals surface area contributed by atoms with Crippen molar-refractivity contribution < 1.29 is 0 Å². The van der Waals surface area contributed by atoms with Crippen molar-refractivity contribution in [2.75, 3.05) is 11.4 Å². The smallest absolute Gasteiger partial charge is 0.228 e. The molecule has 0 amide bonds. The van der Waals surface area contributed by atoms with Gasteiger partial charge >= 0.3 is 0 Å². The van der Waals surface area contributed by atoms with Gasteiger partial charge in [-0.2, -0.15) is 0 Å². The number of hydrogen-bond acceptors (Lipinski definition) is 5. The number of allylic oxidation sites excluding steroid dienone is 1. The Bertz CT molecular complexity index is 887. The molecule has 24 heavy (non-hydrogen) atoms. The summed E-state index contributed by atoms with van der Waals surface area (Å²) in [6, 6.07) is 2.21. The van der Waals surface area contributed by atoms with Crippen LogP contribution >= 0.6 is 11.3 Å². The Morgan fingerprint density at radius 2 is 2.21 bits per heavy atom. The molecular formula is C17H20N6S. The Morgan fingerprint density at radius 1 is 1.33 bits per heavy atom. The Morgan fingerprint density at radius 3 is 2.96 bits per heavy atom. The topological polar surface area (TPSA) is 51.8 Å². The van der Waals surface area contributed by atoms with Crippen molar-refractivity contribution in [2.24, 2.45) is 7.05 Å². The number of thiophene rings is 1. The van der Waals surface area contributed by atoms with Gasteiger partial charge in [0, 0.05) is 44.0 Å². The molecule has 1 aliphatic rings. The molecule has 0 unspecified atom stereocenters. The average molecular weight is 340 g/mol. The van der Waals surface area contributed by atoms with E-state index in [0.717, 1.165) is 42.7 Å². The highest BCUT2D eigenvalue weighted by molar-refractivity contribution is 7.10. The van der Waals surface area contributed by atoms with Crippen LogP contribution in [0.4, 0.5) is 5.95 Å². The third-order valence-corrected chi connectivity index (χ3v) is 5.29. The highest BCUT2D eigenvalue weighted by Crippen LogP contribution is 2.29. The van der Waals surface area contributed by atoms with Crippen LogP contribution in [-0.2, 0) is 26.6 Å². The normalized spacial score (nSPS) is 14.0. The largest absolute Gasteiger partial charge is 0.336 e. The minimum Gasteiger partial charge on any atom is -0.336 e. The van der Waals surface area contributed by atoms with Crippen molar-refractivity contribution in [3.8, 4) is 11.6 Å². The van der Waals surface area contributed by atoms with Crippen LogP contribution in [0.3, 0.4) is 0 Å². The van der Waals surface area contributed by atoms with Gasteiger partial charge < -0.3 is 9.47 Å². The first-order valence-corrected chi connectivity index (χ1v) is 8.87. The van der Waals surface area contributed by atoms with Gasteiger partial charge in [-0.05, 0) is 30.4 Å². The summed E-state index contributed by atoms with van der Waals surface area (Å²) in [5.74, 6) is 2.51. The summed E-state index contributed by atoms with van der Waals surface area (Å²) >= 11 is 1.85. The molecule has 0 bridgehead atoms. The number of nitrogens with zero attached hydrogens (tertiary/aromatic N) is 6. The van der Waals surface area contributed by atoms with E-state index in [9.17, 15) is 0 Å². The van der Waals surface area contributed by atoms with Crippen molar-refractivity contribution in [2.45, 2.75) is 26.4 Å². The fraction of sp³-hybridized carbons (Fsp3) is 0.353. The Kier molecular flexibility index (Phi) is 3.72. The van der Waals surface area contributed by atoms with Crippen LogP contribution < -0.4 is 4.90 Å². The number of rotatable bonds is 4. The third kappa shape index (κ3) is 2.54. The molecule has 0 saturated carbocycles. The van der Waals surface area contributed by atoms with E-state index in [1.165, 1.54) is 10.4 Å². The van der Waals surface area contributed by atoms with Gasteiger partial charge in [0.05, 0.1) is 0 Å². The molecule has 4 heterocycles. The first kappa shape index (κ1) is 15.1. The molecule has 0 saturated heterocycles. The van der Waals surface area contributed by atoms with Crippen LogP contribution in [0, 0.1) is 0 Å². The second-order valence-electron chi connectivity index (χ2n) is 6.27. The molecule has 0 atom stereocenters. The van der Waals surface area contributed by atoms with Gasteiger partial charge in [0.1, 0.15) is 0 Å². The van der Waals surface area contributed by atoms with E-state index >= 15 is 0 Å². The van der Waals surface area contributed by atoms with Crippen LogP contribution in [-0.4, -0.2) is 30.9 Å². The molecule has 124 valence electrons. The zero-order valence-electron chi connectivity index (χ0n) is 13.9. The summed E-state index contributed by atoms with van der Waals surface area (Å²) in [5, 5.41) is 11.1. The van der Waals surface area contributed by atoms with Gasteiger partial charge in [-0.15, -0.1) is 21.5 Å². The predicted molar refractivity (Wildman–Crippen MR) is 96.1 cm³/mol. The van der Waals surface area contributed by atoms with E-state index in [1.807, 2.05) is 36.1 Å². The van der Waals surface area contributed by atoms with Crippen molar-refractivity contribution in [1.29, 1.82) is 0 Å². The van der Waals surface area contributed by atoms with E-state index in [2.05, 4.69) is 42.7 Å². The fourth-order valence-electron chi connectivity index (χ4n) is 3.11. The fourth-order valence-corrected chi connectivity index (χ4v) is 4.00. The molecule has 0 fully saturated rings. The minimum atomic E-state index is 0.692. The lowest BCUT2D eigenvalue weighted by molar-refractivity contribution is 0.674. The molecule has 6 nitrogen and oxygen atoms in total. The monoisotopic (exact) mass is 340 g/mol. The lowest BCUT2D eigenvalue weighted by Gasteiger charge is -2.28. The quantitative estimate of drug-likeness (QED) is 0.685. The third-order valence-electron chi connectivity index (χ3n) is 4.27. The molecule has 0 radical (unpaired) electrons. The molecule has 0 aliphatic carbocycles. The lowest BCUT2D eigenvalue weighted by atomic mass is 10.1. The van der Waals surface area contributed by atoms with Gasteiger partial charge in [0.15, 0.2) is 5.82 Å². The van der Waals surface area contributed by atoms with Crippen molar-refractivity contribution in [1.82, 2.24) is 24.3 Å². The molecule has 3 aromatic rings. The predicted octanol–water partition coefficient (Wildman–Crippen LogP) is 2.88. The summed E-state index contributed by atoms with van der Waals surface area (Å²) in [4.78, 5) is 8.22. The number of imidazole rings is 1. The summed E-state index contributed by atoms with van der Waals surface area (Å²) < 4.78 is 4.10. The summed E-state index contributed by atoms with van der Waals surface area (Å²) in [7, 11) is 1.97. The van der Waals surface area contributed by atoms with Crippen LogP contribution in [0.25, 0.3) is 11.6 Å². The van der Waals surface area contributed by atoms with Crippen molar-refractivity contribution in [3.05, 3.63) is 46.4 Å². The van der Waals surface area contributed by atoms with Gasteiger partial charge in [-0.1, -0.05) is 12.2 Å². The van der Waals surface area contributed by atoms with E-state index < -0.39 is 0 Å². The average Bonchev–Trinajstić information content (AvgIpc) is 3.25. The molecule has 1 aliphatic heterocycles. The number of aryl methyl sites for hydroxylation is 1. The number of anilines is 1. The molecule has 0 spiro atoms. The van der Waals surface area contributed by atoms with Gasteiger partial charge in [0.2, 0.25) is 11.8 Å². The summed E-state index contributed by atoms with van der Waals surface area (Å²) in [6.07, 6.45) is 4.77. The van der Waals surface area contributed by atoms with Crippen LogP contribution in [0.15, 0.2) is 36.0 Å². The number of aromatic nitrogens is 5. The number of fused-ring (bicyclic) bond motifs is 1. The van der Waals surface area contributed by atoms with Gasteiger partial charge in [-0.3, -0.25) is 4.57 Å². The van der Waals surface area contributed by atoms with Crippen LogP contribution in [0.1, 0.15) is 17.4 Å². The SMILES string of the molecule is C=C(C)Cn1c(-c2nccn2C)nnc1N1CCc2sccc2C1. The highest BCUT2D eigenvalue weighted by Gasteiger charge is 2.25. The Labute approximate surface area is 145 Å².